The normalized spacial score (nSPS) is 10.8. The predicted molar refractivity (Wildman–Crippen MR) is 112 cm³/mol. The largest absolute Gasteiger partial charge is 0.337 e. The Labute approximate surface area is 161 Å². The fourth-order valence-corrected chi connectivity index (χ4v) is 3.27. The molecule has 0 aliphatic heterocycles. The van der Waals surface area contributed by atoms with Gasteiger partial charge in [-0.15, -0.1) is 0 Å². The molecule has 3 aromatic rings. The van der Waals surface area contributed by atoms with E-state index in [9.17, 15) is 4.79 Å². The molecule has 27 heavy (non-hydrogen) atoms. The first kappa shape index (κ1) is 18.7. The van der Waals surface area contributed by atoms with Crippen molar-refractivity contribution in [3.63, 3.8) is 0 Å². The third-order valence-electron chi connectivity index (χ3n) is 4.70. The van der Waals surface area contributed by atoms with E-state index in [1.807, 2.05) is 54.6 Å². The Kier molecular flexibility index (Phi) is 6.26. The van der Waals surface area contributed by atoms with Crippen LogP contribution in [0.25, 0.3) is 0 Å². The number of urea groups is 1. The smallest absolute Gasteiger partial charge is 0.319 e. The topological polar surface area (TPSA) is 41.1 Å². The second-order valence-electron chi connectivity index (χ2n) is 6.95. The van der Waals surface area contributed by atoms with Gasteiger partial charge in [0.1, 0.15) is 0 Å². The molecule has 0 unspecified atom stereocenters. The van der Waals surface area contributed by atoms with E-state index in [0.29, 0.717) is 12.5 Å². The van der Waals surface area contributed by atoms with Crippen molar-refractivity contribution in [1.82, 2.24) is 5.32 Å². The monoisotopic (exact) mass is 358 g/mol. The average molecular weight is 358 g/mol. The first-order valence-electron chi connectivity index (χ1n) is 9.39. The fourth-order valence-electron chi connectivity index (χ4n) is 3.27. The first-order chi connectivity index (χ1) is 13.1. The first-order valence-corrected chi connectivity index (χ1v) is 9.39. The van der Waals surface area contributed by atoms with Gasteiger partial charge in [-0.1, -0.05) is 92.7 Å². The number of anilines is 1. The summed E-state index contributed by atoms with van der Waals surface area (Å²) >= 11 is 0. The summed E-state index contributed by atoms with van der Waals surface area (Å²) in [5.74, 6) is 0.460. The Hall–Kier alpha value is -3.07. The number of carbonyl (C=O) groups is 1. The van der Waals surface area contributed by atoms with Crippen LogP contribution < -0.4 is 10.6 Å². The zero-order valence-corrected chi connectivity index (χ0v) is 15.9. The van der Waals surface area contributed by atoms with Crippen LogP contribution in [0.5, 0.6) is 0 Å². The second kappa shape index (κ2) is 9.04. The number of hydrogen-bond acceptors (Lipinski definition) is 1. The van der Waals surface area contributed by atoms with Crippen molar-refractivity contribution in [3.8, 4) is 0 Å². The number of hydrogen-bond donors (Lipinski definition) is 2. The van der Waals surface area contributed by atoms with Crippen LogP contribution in [0.1, 0.15) is 42.4 Å². The minimum atomic E-state index is -0.181. The van der Waals surface area contributed by atoms with Gasteiger partial charge < -0.3 is 10.6 Å². The van der Waals surface area contributed by atoms with Crippen LogP contribution in [0.2, 0.25) is 0 Å². The Morgan fingerprint density at radius 3 is 1.85 bits per heavy atom. The minimum Gasteiger partial charge on any atom is -0.337 e. The number of rotatable bonds is 6. The Balaban J connectivity index is 1.72. The average Bonchev–Trinajstić information content (AvgIpc) is 2.70. The van der Waals surface area contributed by atoms with Crippen molar-refractivity contribution < 1.29 is 4.79 Å². The molecule has 0 atom stereocenters. The van der Waals surface area contributed by atoms with E-state index in [4.69, 9.17) is 0 Å². The molecule has 3 rings (SSSR count). The molecule has 0 aliphatic carbocycles. The molecule has 0 aromatic heterocycles. The Morgan fingerprint density at radius 2 is 1.30 bits per heavy atom. The van der Waals surface area contributed by atoms with Crippen molar-refractivity contribution in [2.45, 2.75) is 25.7 Å². The molecule has 0 aliphatic rings. The highest BCUT2D eigenvalue weighted by Gasteiger charge is 2.16. The molecule has 0 spiro atoms. The SMILES string of the molecule is CC(C)c1ccccc1NC(=O)NCC(c1ccccc1)c1ccccc1. The van der Waals surface area contributed by atoms with Crippen LogP contribution in [-0.2, 0) is 0 Å². The molecular formula is C24H26N2O. The highest BCUT2D eigenvalue weighted by molar-refractivity contribution is 5.90. The predicted octanol–water partition coefficient (Wildman–Crippen LogP) is 5.76. The van der Waals surface area contributed by atoms with E-state index in [1.165, 1.54) is 11.1 Å². The van der Waals surface area contributed by atoms with Crippen molar-refractivity contribution in [2.75, 3.05) is 11.9 Å². The second-order valence-corrected chi connectivity index (χ2v) is 6.95. The van der Waals surface area contributed by atoms with E-state index in [-0.39, 0.29) is 11.9 Å². The lowest BCUT2D eigenvalue weighted by molar-refractivity contribution is 0.252. The van der Waals surface area contributed by atoms with E-state index >= 15 is 0 Å². The summed E-state index contributed by atoms with van der Waals surface area (Å²) in [5.41, 5.74) is 4.37. The summed E-state index contributed by atoms with van der Waals surface area (Å²) in [7, 11) is 0. The summed E-state index contributed by atoms with van der Waals surface area (Å²) < 4.78 is 0. The molecule has 3 heteroatoms. The number of para-hydroxylation sites is 1. The van der Waals surface area contributed by atoms with Gasteiger partial charge in [0, 0.05) is 18.2 Å². The molecule has 0 saturated heterocycles. The highest BCUT2D eigenvalue weighted by Crippen LogP contribution is 2.25. The molecule has 0 radical (unpaired) electrons. The molecule has 0 bridgehead atoms. The standard InChI is InChI=1S/C24H26N2O/c1-18(2)21-15-9-10-16-23(21)26-24(27)25-17-22(19-11-5-3-6-12-19)20-13-7-4-8-14-20/h3-16,18,22H,17H2,1-2H3,(H2,25,26,27). The lowest BCUT2D eigenvalue weighted by Gasteiger charge is -2.20. The Morgan fingerprint density at radius 1 is 0.778 bits per heavy atom. The molecular weight excluding hydrogens is 332 g/mol. The molecule has 2 N–H and O–H groups in total. The number of carbonyl (C=O) groups excluding carboxylic acids is 1. The maximum Gasteiger partial charge on any atom is 0.319 e. The van der Waals surface area contributed by atoms with E-state index < -0.39 is 0 Å². The van der Waals surface area contributed by atoms with E-state index in [2.05, 4.69) is 54.8 Å². The van der Waals surface area contributed by atoms with Gasteiger partial charge in [0.05, 0.1) is 0 Å². The maximum absolute atomic E-state index is 12.5. The molecule has 2 amide bonds. The lowest BCUT2D eigenvalue weighted by atomic mass is 9.91. The lowest BCUT2D eigenvalue weighted by Crippen LogP contribution is -2.33. The van der Waals surface area contributed by atoms with E-state index in [1.54, 1.807) is 0 Å². The number of benzene rings is 3. The zero-order valence-electron chi connectivity index (χ0n) is 15.9. The van der Waals surface area contributed by atoms with Crippen LogP contribution in [0.3, 0.4) is 0 Å². The van der Waals surface area contributed by atoms with Crippen LogP contribution in [-0.4, -0.2) is 12.6 Å². The fraction of sp³-hybridized carbons (Fsp3) is 0.208. The van der Waals surface area contributed by atoms with Crippen molar-refractivity contribution in [3.05, 3.63) is 102 Å². The van der Waals surface area contributed by atoms with Gasteiger partial charge in [-0.2, -0.15) is 0 Å². The Bertz CT molecular complexity index is 820. The molecule has 0 saturated carbocycles. The van der Waals surface area contributed by atoms with Crippen LogP contribution in [0.4, 0.5) is 10.5 Å². The quantitative estimate of drug-likeness (QED) is 0.577. The van der Waals surface area contributed by atoms with Gasteiger partial charge in [-0.25, -0.2) is 4.79 Å². The highest BCUT2D eigenvalue weighted by atomic mass is 16.2. The van der Waals surface area contributed by atoms with Crippen LogP contribution in [0.15, 0.2) is 84.9 Å². The van der Waals surface area contributed by atoms with Crippen molar-refractivity contribution in [1.29, 1.82) is 0 Å². The van der Waals surface area contributed by atoms with Crippen LogP contribution in [0, 0.1) is 0 Å². The maximum atomic E-state index is 12.5. The van der Waals surface area contributed by atoms with Gasteiger partial charge in [0.2, 0.25) is 0 Å². The summed E-state index contributed by atoms with van der Waals surface area (Å²) in [6.45, 7) is 4.78. The molecule has 3 aromatic carbocycles. The van der Waals surface area contributed by atoms with Gasteiger partial charge in [-0.05, 0) is 28.7 Å². The number of amides is 2. The third kappa shape index (κ3) is 4.98. The summed E-state index contributed by atoms with van der Waals surface area (Å²) in [6.07, 6.45) is 0. The molecule has 3 nitrogen and oxygen atoms in total. The van der Waals surface area contributed by atoms with Crippen LogP contribution >= 0.6 is 0 Å². The van der Waals surface area contributed by atoms with E-state index in [0.717, 1.165) is 11.3 Å². The van der Waals surface area contributed by atoms with Gasteiger partial charge in [-0.3, -0.25) is 0 Å². The zero-order chi connectivity index (χ0) is 19.1. The van der Waals surface area contributed by atoms with Gasteiger partial charge >= 0.3 is 6.03 Å². The van der Waals surface area contributed by atoms with Crippen molar-refractivity contribution >= 4 is 11.7 Å². The number of nitrogens with one attached hydrogen (secondary N) is 2. The molecule has 138 valence electrons. The molecule has 0 fully saturated rings. The summed E-state index contributed by atoms with van der Waals surface area (Å²) in [4.78, 5) is 12.5. The summed E-state index contributed by atoms with van der Waals surface area (Å²) in [5, 5.41) is 6.04. The minimum absolute atomic E-state index is 0.110. The summed E-state index contributed by atoms with van der Waals surface area (Å²) in [6, 6.07) is 28.3. The van der Waals surface area contributed by atoms with Crippen molar-refractivity contribution in [2.24, 2.45) is 0 Å². The molecule has 0 heterocycles. The van der Waals surface area contributed by atoms with Gasteiger partial charge in [0.15, 0.2) is 0 Å². The van der Waals surface area contributed by atoms with Gasteiger partial charge in [0.25, 0.3) is 0 Å². The third-order valence-corrected chi connectivity index (χ3v) is 4.70.